The molecule has 1 heterocycles. The summed E-state index contributed by atoms with van der Waals surface area (Å²) in [6.07, 6.45) is 3.84. The monoisotopic (exact) mass is 293 g/mol. The van der Waals surface area contributed by atoms with Crippen LogP contribution in [0.4, 0.5) is 0 Å². The molecule has 0 unspecified atom stereocenters. The second-order valence-corrected chi connectivity index (χ2v) is 5.35. The Morgan fingerprint density at radius 2 is 1.86 bits per heavy atom. The highest BCUT2D eigenvalue weighted by Gasteiger charge is 2.09. The van der Waals surface area contributed by atoms with E-state index in [1.807, 2.05) is 42.6 Å². The van der Waals surface area contributed by atoms with Crippen molar-refractivity contribution in [3.63, 3.8) is 0 Å². The number of aryl methyl sites for hydroxylation is 1. The van der Waals surface area contributed by atoms with Crippen LogP contribution >= 0.6 is 0 Å². The molecule has 3 aromatic rings. The molecule has 0 bridgehead atoms. The first-order valence-electron chi connectivity index (χ1n) is 7.52. The molecule has 0 spiro atoms. The summed E-state index contributed by atoms with van der Waals surface area (Å²) in [5.74, 6) is 0.784. The molecule has 0 fully saturated rings. The summed E-state index contributed by atoms with van der Waals surface area (Å²) >= 11 is 0. The SMILES string of the molecule is CCCc1cccc2c(=O)c(-c3ccc(OC)cc3)c[nH]c12. The molecule has 0 aliphatic rings. The molecule has 3 rings (SSSR count). The van der Waals surface area contributed by atoms with Crippen LogP contribution < -0.4 is 10.2 Å². The number of fused-ring (bicyclic) bond motifs is 1. The fraction of sp³-hybridized carbons (Fsp3) is 0.211. The minimum Gasteiger partial charge on any atom is -0.497 e. The van der Waals surface area contributed by atoms with Crippen molar-refractivity contribution in [1.82, 2.24) is 4.98 Å². The summed E-state index contributed by atoms with van der Waals surface area (Å²) < 4.78 is 5.16. The third-order valence-corrected chi connectivity index (χ3v) is 3.92. The molecule has 1 N–H and O–H groups in total. The number of hydrogen-bond acceptors (Lipinski definition) is 2. The number of aromatic amines is 1. The van der Waals surface area contributed by atoms with Crippen LogP contribution in [0.25, 0.3) is 22.0 Å². The van der Waals surface area contributed by atoms with Gasteiger partial charge in [0.2, 0.25) is 0 Å². The van der Waals surface area contributed by atoms with Crippen molar-refractivity contribution >= 4 is 10.9 Å². The van der Waals surface area contributed by atoms with Crippen LogP contribution in [-0.4, -0.2) is 12.1 Å². The Labute approximate surface area is 129 Å². The predicted octanol–water partition coefficient (Wildman–Crippen LogP) is 4.16. The van der Waals surface area contributed by atoms with Crippen LogP contribution in [0, 0.1) is 0 Å². The van der Waals surface area contributed by atoms with Gasteiger partial charge in [0.25, 0.3) is 0 Å². The van der Waals surface area contributed by atoms with E-state index in [1.54, 1.807) is 7.11 Å². The third-order valence-electron chi connectivity index (χ3n) is 3.92. The summed E-state index contributed by atoms with van der Waals surface area (Å²) in [5.41, 5.74) is 3.79. The standard InChI is InChI=1S/C19H19NO2/c1-3-5-14-6-4-7-16-18(14)20-12-17(19(16)21)13-8-10-15(22-2)11-9-13/h4,6-12H,3,5H2,1-2H3,(H,20,21). The molecule has 0 atom stereocenters. The van der Waals surface area contributed by atoms with Gasteiger partial charge in [-0.1, -0.05) is 37.6 Å². The van der Waals surface area contributed by atoms with E-state index < -0.39 is 0 Å². The summed E-state index contributed by atoms with van der Waals surface area (Å²) in [6, 6.07) is 13.5. The number of hydrogen-bond donors (Lipinski definition) is 1. The number of benzene rings is 2. The zero-order valence-electron chi connectivity index (χ0n) is 12.8. The van der Waals surface area contributed by atoms with E-state index in [2.05, 4.69) is 18.0 Å². The van der Waals surface area contributed by atoms with Gasteiger partial charge in [-0.05, 0) is 35.7 Å². The number of ether oxygens (including phenoxy) is 1. The Bertz CT molecular complexity index is 847. The van der Waals surface area contributed by atoms with Gasteiger partial charge in [0.05, 0.1) is 12.6 Å². The van der Waals surface area contributed by atoms with E-state index in [-0.39, 0.29) is 5.43 Å². The van der Waals surface area contributed by atoms with Crippen molar-refractivity contribution in [2.24, 2.45) is 0 Å². The molecule has 0 aliphatic heterocycles. The first-order chi connectivity index (χ1) is 10.7. The predicted molar refractivity (Wildman–Crippen MR) is 90.6 cm³/mol. The number of aromatic nitrogens is 1. The van der Waals surface area contributed by atoms with Crippen molar-refractivity contribution < 1.29 is 4.74 Å². The molecule has 0 saturated carbocycles. The highest BCUT2D eigenvalue weighted by Crippen LogP contribution is 2.22. The Kier molecular flexibility index (Phi) is 3.96. The minimum absolute atomic E-state index is 0.0665. The summed E-state index contributed by atoms with van der Waals surface area (Å²) in [6.45, 7) is 2.14. The van der Waals surface area contributed by atoms with Crippen LogP contribution in [0.2, 0.25) is 0 Å². The molecule has 3 heteroatoms. The fourth-order valence-corrected chi connectivity index (χ4v) is 2.78. The molecule has 0 radical (unpaired) electrons. The molecule has 3 nitrogen and oxygen atoms in total. The molecule has 2 aromatic carbocycles. The highest BCUT2D eigenvalue weighted by atomic mass is 16.5. The maximum atomic E-state index is 12.8. The molecule has 0 aliphatic carbocycles. The highest BCUT2D eigenvalue weighted by molar-refractivity contribution is 5.85. The van der Waals surface area contributed by atoms with Gasteiger partial charge >= 0.3 is 0 Å². The first kappa shape index (κ1) is 14.4. The van der Waals surface area contributed by atoms with Crippen LogP contribution in [0.5, 0.6) is 5.75 Å². The lowest BCUT2D eigenvalue weighted by Gasteiger charge is -2.08. The average molecular weight is 293 g/mol. The Morgan fingerprint density at radius 3 is 2.55 bits per heavy atom. The lowest BCUT2D eigenvalue weighted by Crippen LogP contribution is -2.07. The van der Waals surface area contributed by atoms with Gasteiger partial charge in [0.1, 0.15) is 5.75 Å². The molecule has 0 amide bonds. The Morgan fingerprint density at radius 1 is 1.09 bits per heavy atom. The van der Waals surface area contributed by atoms with Gasteiger partial charge in [-0.2, -0.15) is 0 Å². The summed E-state index contributed by atoms with van der Waals surface area (Å²) in [5, 5.41) is 0.749. The second kappa shape index (κ2) is 6.06. The molecule has 1 aromatic heterocycles. The number of H-pyrrole nitrogens is 1. The van der Waals surface area contributed by atoms with Gasteiger partial charge in [-0.15, -0.1) is 0 Å². The molecule has 0 saturated heterocycles. The van der Waals surface area contributed by atoms with Crippen molar-refractivity contribution in [1.29, 1.82) is 0 Å². The zero-order valence-corrected chi connectivity index (χ0v) is 12.8. The smallest absolute Gasteiger partial charge is 0.197 e. The van der Waals surface area contributed by atoms with E-state index >= 15 is 0 Å². The zero-order chi connectivity index (χ0) is 15.5. The van der Waals surface area contributed by atoms with Gasteiger partial charge in [-0.25, -0.2) is 0 Å². The van der Waals surface area contributed by atoms with Gasteiger partial charge in [0, 0.05) is 17.1 Å². The third kappa shape index (κ3) is 2.50. The number of pyridine rings is 1. The normalized spacial score (nSPS) is 10.8. The van der Waals surface area contributed by atoms with Crippen LogP contribution in [-0.2, 0) is 6.42 Å². The van der Waals surface area contributed by atoms with E-state index in [9.17, 15) is 4.79 Å². The maximum absolute atomic E-state index is 12.8. The van der Waals surface area contributed by atoms with Crippen molar-refractivity contribution in [3.05, 3.63) is 64.4 Å². The van der Waals surface area contributed by atoms with Gasteiger partial charge in [0.15, 0.2) is 5.43 Å². The molecular weight excluding hydrogens is 274 g/mol. The van der Waals surface area contributed by atoms with Crippen molar-refractivity contribution in [2.75, 3.05) is 7.11 Å². The molecular formula is C19H19NO2. The number of rotatable bonds is 4. The minimum atomic E-state index is 0.0665. The van der Waals surface area contributed by atoms with Crippen molar-refractivity contribution in [2.45, 2.75) is 19.8 Å². The van der Waals surface area contributed by atoms with Gasteiger partial charge < -0.3 is 9.72 Å². The summed E-state index contributed by atoms with van der Waals surface area (Å²) in [7, 11) is 1.63. The van der Waals surface area contributed by atoms with Crippen LogP contribution in [0.15, 0.2) is 53.5 Å². The maximum Gasteiger partial charge on any atom is 0.197 e. The average Bonchev–Trinajstić information content (AvgIpc) is 2.56. The topological polar surface area (TPSA) is 42.1 Å². The van der Waals surface area contributed by atoms with E-state index in [1.165, 1.54) is 5.56 Å². The number of methoxy groups -OCH3 is 1. The lowest BCUT2D eigenvalue weighted by molar-refractivity contribution is 0.415. The van der Waals surface area contributed by atoms with Crippen LogP contribution in [0.3, 0.4) is 0 Å². The fourth-order valence-electron chi connectivity index (χ4n) is 2.78. The van der Waals surface area contributed by atoms with E-state index in [0.29, 0.717) is 5.56 Å². The number of nitrogens with one attached hydrogen (secondary N) is 1. The largest absolute Gasteiger partial charge is 0.497 e. The first-order valence-corrected chi connectivity index (χ1v) is 7.52. The van der Waals surface area contributed by atoms with E-state index in [4.69, 9.17) is 4.74 Å². The number of para-hydroxylation sites is 1. The Hall–Kier alpha value is -2.55. The quantitative estimate of drug-likeness (QED) is 0.785. The Balaban J connectivity index is 2.15. The second-order valence-electron chi connectivity index (χ2n) is 5.35. The lowest BCUT2D eigenvalue weighted by atomic mass is 10.0. The molecule has 112 valence electrons. The van der Waals surface area contributed by atoms with Gasteiger partial charge in [-0.3, -0.25) is 4.79 Å². The molecule has 22 heavy (non-hydrogen) atoms. The van der Waals surface area contributed by atoms with Crippen LogP contribution in [0.1, 0.15) is 18.9 Å². The van der Waals surface area contributed by atoms with Crippen molar-refractivity contribution in [3.8, 4) is 16.9 Å². The van der Waals surface area contributed by atoms with E-state index in [0.717, 1.165) is 35.1 Å². The summed E-state index contributed by atoms with van der Waals surface area (Å²) in [4.78, 5) is 16.1.